The number of nitrogens with zero attached hydrogens (tertiary/aromatic N) is 2. The largest absolute Gasteiger partial charge is 0.356 e. The van der Waals surface area contributed by atoms with Gasteiger partial charge < -0.3 is 15.5 Å². The third-order valence-electron chi connectivity index (χ3n) is 5.84. The summed E-state index contributed by atoms with van der Waals surface area (Å²) in [4.78, 5) is 18.8. The molecule has 1 aliphatic carbocycles. The number of carbonyl (C=O) groups excluding carboxylic acids is 1. The van der Waals surface area contributed by atoms with Gasteiger partial charge in [-0.25, -0.2) is 8.78 Å². The minimum absolute atomic E-state index is 0. The summed E-state index contributed by atoms with van der Waals surface area (Å²) in [6.45, 7) is 3.83. The van der Waals surface area contributed by atoms with E-state index in [1.54, 1.807) is 7.05 Å². The van der Waals surface area contributed by atoms with E-state index in [1.807, 2.05) is 11.8 Å². The monoisotopic (exact) mass is 520 g/mol. The molecule has 1 aliphatic heterocycles. The molecule has 2 unspecified atom stereocenters. The van der Waals surface area contributed by atoms with Crippen molar-refractivity contribution in [3.8, 4) is 0 Å². The van der Waals surface area contributed by atoms with Crippen LogP contribution < -0.4 is 10.6 Å². The molecule has 2 aliphatic rings. The Labute approximate surface area is 188 Å². The third kappa shape index (κ3) is 6.26. The molecule has 1 saturated carbocycles. The number of carbonyl (C=O) groups is 1. The molecule has 1 saturated heterocycles. The van der Waals surface area contributed by atoms with Gasteiger partial charge in [0, 0.05) is 50.6 Å². The van der Waals surface area contributed by atoms with Gasteiger partial charge in [-0.3, -0.25) is 9.79 Å². The highest BCUT2D eigenvalue weighted by Gasteiger charge is 2.32. The molecule has 0 spiro atoms. The lowest BCUT2D eigenvalue weighted by molar-refractivity contribution is -0.134. The van der Waals surface area contributed by atoms with Gasteiger partial charge in [0.25, 0.3) is 0 Å². The molecule has 0 aromatic heterocycles. The van der Waals surface area contributed by atoms with Gasteiger partial charge in [-0.15, -0.1) is 24.0 Å². The number of benzene rings is 1. The first kappa shape index (κ1) is 23.8. The first-order valence-corrected chi connectivity index (χ1v) is 10.2. The maximum absolute atomic E-state index is 13.9. The Kier molecular flexibility index (Phi) is 9.10. The molecule has 0 radical (unpaired) electrons. The summed E-state index contributed by atoms with van der Waals surface area (Å²) >= 11 is 0. The molecule has 1 heterocycles. The molecular weight excluding hydrogens is 489 g/mol. The SMILES string of the molecule is CN=C(NCC(C)c1ccc(F)cc1F)NC1CCN(C(=O)C2CCCC2)C1.I. The highest BCUT2D eigenvalue weighted by molar-refractivity contribution is 14.0. The van der Waals surface area contributed by atoms with E-state index >= 15 is 0 Å². The second kappa shape index (κ2) is 11.1. The lowest BCUT2D eigenvalue weighted by Gasteiger charge is -2.22. The van der Waals surface area contributed by atoms with E-state index in [1.165, 1.54) is 12.1 Å². The number of nitrogens with one attached hydrogen (secondary N) is 2. The topological polar surface area (TPSA) is 56.7 Å². The van der Waals surface area contributed by atoms with E-state index in [2.05, 4.69) is 15.6 Å². The average Bonchev–Trinajstić information content (AvgIpc) is 3.36. The Morgan fingerprint density at radius 1 is 1.28 bits per heavy atom. The number of guanidine groups is 1. The van der Waals surface area contributed by atoms with Crippen molar-refractivity contribution in [2.24, 2.45) is 10.9 Å². The molecular formula is C21H31F2IN4O. The van der Waals surface area contributed by atoms with Crippen LogP contribution in [0.1, 0.15) is 50.5 Å². The molecule has 29 heavy (non-hydrogen) atoms. The molecule has 8 heteroatoms. The van der Waals surface area contributed by atoms with Crippen LogP contribution in [0.15, 0.2) is 23.2 Å². The summed E-state index contributed by atoms with van der Waals surface area (Å²) in [6, 6.07) is 3.83. The summed E-state index contributed by atoms with van der Waals surface area (Å²) in [6.07, 6.45) is 5.26. The molecule has 1 amide bonds. The van der Waals surface area contributed by atoms with E-state index in [9.17, 15) is 13.6 Å². The number of aliphatic imine (C=N–C) groups is 1. The maximum atomic E-state index is 13.9. The minimum Gasteiger partial charge on any atom is -0.356 e. The fraction of sp³-hybridized carbons (Fsp3) is 0.619. The van der Waals surface area contributed by atoms with Crippen LogP contribution in [0.5, 0.6) is 0 Å². The van der Waals surface area contributed by atoms with E-state index in [0.717, 1.165) is 44.7 Å². The van der Waals surface area contributed by atoms with Crippen molar-refractivity contribution < 1.29 is 13.6 Å². The van der Waals surface area contributed by atoms with Crippen molar-refractivity contribution >= 4 is 35.8 Å². The fourth-order valence-corrected chi connectivity index (χ4v) is 4.16. The quantitative estimate of drug-likeness (QED) is 0.354. The number of halogens is 3. The van der Waals surface area contributed by atoms with Crippen LogP contribution in [-0.2, 0) is 4.79 Å². The molecule has 2 fully saturated rings. The summed E-state index contributed by atoms with van der Waals surface area (Å²) in [5, 5.41) is 6.57. The predicted molar refractivity (Wildman–Crippen MR) is 122 cm³/mol. The van der Waals surface area contributed by atoms with Crippen LogP contribution >= 0.6 is 24.0 Å². The maximum Gasteiger partial charge on any atom is 0.225 e. The Morgan fingerprint density at radius 2 is 2.00 bits per heavy atom. The average molecular weight is 520 g/mol. The fourth-order valence-electron chi connectivity index (χ4n) is 4.16. The molecule has 1 aromatic carbocycles. The van der Waals surface area contributed by atoms with Crippen LogP contribution in [0.2, 0.25) is 0 Å². The van der Waals surface area contributed by atoms with Crippen molar-refractivity contribution in [2.45, 2.75) is 51.0 Å². The van der Waals surface area contributed by atoms with Gasteiger partial charge in [-0.05, 0) is 30.9 Å². The highest BCUT2D eigenvalue weighted by atomic mass is 127. The molecule has 3 rings (SSSR count). The van der Waals surface area contributed by atoms with Gasteiger partial charge in [0.15, 0.2) is 5.96 Å². The number of amides is 1. The van der Waals surface area contributed by atoms with Crippen molar-refractivity contribution in [1.82, 2.24) is 15.5 Å². The predicted octanol–water partition coefficient (Wildman–Crippen LogP) is 3.64. The Morgan fingerprint density at radius 3 is 2.66 bits per heavy atom. The zero-order valence-electron chi connectivity index (χ0n) is 17.1. The van der Waals surface area contributed by atoms with Gasteiger partial charge in [0.1, 0.15) is 11.6 Å². The lowest BCUT2D eigenvalue weighted by atomic mass is 10.0. The van der Waals surface area contributed by atoms with Gasteiger partial charge in [0.2, 0.25) is 5.91 Å². The molecule has 0 bridgehead atoms. The van der Waals surface area contributed by atoms with Crippen LogP contribution in [0.4, 0.5) is 8.78 Å². The van der Waals surface area contributed by atoms with E-state index in [-0.39, 0.29) is 41.9 Å². The van der Waals surface area contributed by atoms with Crippen LogP contribution in [0.3, 0.4) is 0 Å². The van der Waals surface area contributed by atoms with Gasteiger partial charge >= 0.3 is 0 Å². The lowest BCUT2D eigenvalue weighted by Crippen LogP contribution is -2.46. The van der Waals surface area contributed by atoms with Gasteiger partial charge in [-0.2, -0.15) is 0 Å². The first-order valence-electron chi connectivity index (χ1n) is 10.2. The minimum atomic E-state index is -0.572. The molecule has 5 nitrogen and oxygen atoms in total. The van der Waals surface area contributed by atoms with Crippen molar-refractivity contribution in [3.05, 3.63) is 35.4 Å². The molecule has 2 N–H and O–H groups in total. The first-order chi connectivity index (χ1) is 13.5. The summed E-state index contributed by atoms with van der Waals surface area (Å²) in [7, 11) is 1.69. The summed E-state index contributed by atoms with van der Waals surface area (Å²) in [5.74, 6) is -0.101. The van der Waals surface area contributed by atoms with Crippen LogP contribution in [0, 0.1) is 17.6 Å². The standard InChI is InChI=1S/C21H30F2N4O.HI/c1-14(18-8-7-16(22)11-19(18)23)12-25-21(24-2)26-17-9-10-27(13-17)20(28)15-5-3-4-6-15;/h7-8,11,14-15,17H,3-6,9-10,12-13H2,1-2H3,(H2,24,25,26);1H. The summed E-state index contributed by atoms with van der Waals surface area (Å²) in [5.41, 5.74) is 0.471. The highest BCUT2D eigenvalue weighted by Crippen LogP contribution is 2.27. The number of hydrogen-bond acceptors (Lipinski definition) is 2. The zero-order chi connectivity index (χ0) is 20.1. The van der Waals surface area contributed by atoms with Crippen LogP contribution in [-0.4, -0.2) is 49.5 Å². The number of likely N-dealkylation sites (tertiary alicyclic amines) is 1. The summed E-state index contributed by atoms with van der Waals surface area (Å²) < 4.78 is 27.0. The van der Waals surface area contributed by atoms with Crippen LogP contribution in [0.25, 0.3) is 0 Å². The normalized spacial score (nSPS) is 21.0. The smallest absolute Gasteiger partial charge is 0.225 e. The van der Waals surface area contributed by atoms with E-state index in [4.69, 9.17) is 0 Å². The third-order valence-corrected chi connectivity index (χ3v) is 5.84. The van der Waals surface area contributed by atoms with Gasteiger partial charge in [0.05, 0.1) is 0 Å². The van der Waals surface area contributed by atoms with E-state index < -0.39 is 11.6 Å². The van der Waals surface area contributed by atoms with E-state index in [0.29, 0.717) is 30.5 Å². The van der Waals surface area contributed by atoms with Gasteiger partial charge in [-0.1, -0.05) is 25.8 Å². The molecule has 162 valence electrons. The van der Waals surface area contributed by atoms with Crippen molar-refractivity contribution in [1.29, 1.82) is 0 Å². The number of rotatable bonds is 5. The van der Waals surface area contributed by atoms with Crippen molar-refractivity contribution in [2.75, 3.05) is 26.7 Å². The Bertz CT molecular complexity index is 725. The van der Waals surface area contributed by atoms with Crippen molar-refractivity contribution in [3.63, 3.8) is 0 Å². The Balaban J connectivity index is 0.00000300. The second-order valence-corrected chi connectivity index (χ2v) is 7.92. The molecule has 2 atom stereocenters. The number of hydrogen-bond donors (Lipinski definition) is 2. The second-order valence-electron chi connectivity index (χ2n) is 7.92. The zero-order valence-corrected chi connectivity index (χ0v) is 19.4. The Hall–Kier alpha value is -1.45. The molecule has 1 aromatic rings.